The van der Waals surface area contributed by atoms with Crippen molar-refractivity contribution in [2.45, 2.75) is 179 Å². The van der Waals surface area contributed by atoms with Crippen molar-refractivity contribution in [1.82, 2.24) is 26.2 Å². The van der Waals surface area contributed by atoms with Crippen molar-refractivity contribution in [1.29, 1.82) is 0 Å². The van der Waals surface area contributed by atoms with Crippen molar-refractivity contribution < 1.29 is 29.1 Å². The second-order valence-electron chi connectivity index (χ2n) is 16.8. The van der Waals surface area contributed by atoms with E-state index in [1.165, 1.54) is 18.4 Å². The summed E-state index contributed by atoms with van der Waals surface area (Å²) < 4.78 is 0. The van der Waals surface area contributed by atoms with Gasteiger partial charge < -0.3 is 31.3 Å². The van der Waals surface area contributed by atoms with Gasteiger partial charge in [-0.1, -0.05) is 90.9 Å². The molecule has 11 nitrogen and oxygen atoms in total. The van der Waals surface area contributed by atoms with Gasteiger partial charge in [0, 0.05) is 7.05 Å². The molecule has 0 unspecified atom stereocenters. The number of amides is 4. The van der Waals surface area contributed by atoms with E-state index in [-0.39, 0.29) is 59.3 Å². The average molecular weight is 716 g/mol. The Kier molecular flexibility index (Phi) is 16.5. The molecule has 0 saturated heterocycles. The van der Waals surface area contributed by atoms with Crippen LogP contribution in [0.3, 0.4) is 0 Å². The minimum atomic E-state index is -1.06. The Balaban J connectivity index is 1.58. The summed E-state index contributed by atoms with van der Waals surface area (Å²) >= 11 is 0. The summed E-state index contributed by atoms with van der Waals surface area (Å²) in [6, 6.07) is -3.84. The Morgan fingerprint density at radius 3 is 1.20 bits per heavy atom. The molecule has 4 rings (SSSR count). The van der Waals surface area contributed by atoms with Crippen LogP contribution in [-0.2, 0) is 24.0 Å². The number of hydrogen-bond donors (Lipinski definition) is 5. The number of aliphatic carboxylic acids is 1. The molecule has 5 atom stereocenters. The third-order valence-corrected chi connectivity index (χ3v) is 12.6. The Hall–Kier alpha value is -2.69. The fourth-order valence-corrected chi connectivity index (χ4v) is 9.60. The molecule has 11 heteroatoms. The van der Waals surface area contributed by atoms with E-state index in [4.69, 9.17) is 0 Å². The van der Waals surface area contributed by atoms with E-state index >= 15 is 0 Å². The molecule has 4 fully saturated rings. The van der Waals surface area contributed by atoms with E-state index in [9.17, 15) is 29.1 Å². The van der Waals surface area contributed by atoms with Gasteiger partial charge in [-0.25, -0.2) is 4.79 Å². The summed E-state index contributed by atoms with van der Waals surface area (Å²) in [4.78, 5) is 70.6. The number of nitrogens with zero attached hydrogens (tertiary/aromatic N) is 1. The van der Waals surface area contributed by atoms with Gasteiger partial charge in [-0.05, 0) is 94.4 Å². The lowest BCUT2D eigenvalue weighted by Gasteiger charge is -2.38. The highest BCUT2D eigenvalue weighted by Crippen LogP contribution is 2.32. The van der Waals surface area contributed by atoms with Crippen molar-refractivity contribution >= 4 is 29.6 Å². The third-order valence-electron chi connectivity index (χ3n) is 12.6. The maximum Gasteiger partial charge on any atom is 0.326 e. The van der Waals surface area contributed by atoms with Crippen LogP contribution in [0.5, 0.6) is 0 Å². The van der Waals surface area contributed by atoms with Crippen LogP contribution >= 0.6 is 0 Å². The van der Waals surface area contributed by atoms with Crippen LogP contribution in [0.4, 0.5) is 0 Å². The molecule has 4 aliphatic rings. The second-order valence-corrected chi connectivity index (χ2v) is 16.8. The van der Waals surface area contributed by atoms with Crippen LogP contribution < -0.4 is 21.3 Å². The molecule has 290 valence electrons. The molecule has 4 amide bonds. The maximum atomic E-state index is 14.5. The van der Waals surface area contributed by atoms with Gasteiger partial charge in [-0.15, -0.1) is 0 Å². The molecule has 0 spiro atoms. The molecule has 0 aromatic carbocycles. The van der Waals surface area contributed by atoms with Gasteiger partial charge >= 0.3 is 5.97 Å². The van der Waals surface area contributed by atoms with Crippen molar-refractivity contribution in [2.24, 2.45) is 29.6 Å². The highest BCUT2D eigenvalue weighted by molar-refractivity contribution is 5.96. The first-order valence-electron chi connectivity index (χ1n) is 20.6. The van der Waals surface area contributed by atoms with Crippen LogP contribution in [0.1, 0.15) is 149 Å². The molecule has 4 aliphatic carbocycles. The van der Waals surface area contributed by atoms with E-state index < -0.39 is 30.1 Å². The van der Waals surface area contributed by atoms with Crippen LogP contribution in [0.25, 0.3) is 0 Å². The molecule has 0 aromatic rings. The number of carbonyl (C=O) groups excluding carboxylic acids is 4. The first-order chi connectivity index (χ1) is 24.5. The smallest absolute Gasteiger partial charge is 0.326 e. The van der Waals surface area contributed by atoms with Crippen molar-refractivity contribution in [3.05, 3.63) is 0 Å². The van der Waals surface area contributed by atoms with E-state index in [1.54, 1.807) is 0 Å². The number of hydrogen-bond acceptors (Lipinski definition) is 6. The lowest BCUT2D eigenvalue weighted by Crippen LogP contribution is -2.63. The fraction of sp³-hybridized carbons (Fsp3) is 0.875. The van der Waals surface area contributed by atoms with Gasteiger partial charge in [-0.3, -0.25) is 19.2 Å². The molecule has 0 radical (unpaired) electrons. The van der Waals surface area contributed by atoms with Gasteiger partial charge in [0.15, 0.2) is 0 Å². The quantitative estimate of drug-likeness (QED) is 0.145. The monoisotopic (exact) mass is 716 g/mol. The summed E-state index contributed by atoms with van der Waals surface area (Å²) in [5, 5.41) is 22.8. The zero-order chi connectivity index (χ0) is 36.9. The zero-order valence-electron chi connectivity index (χ0n) is 32.1. The first-order valence-corrected chi connectivity index (χ1v) is 20.6. The molecular formula is C40H69N5O6. The van der Waals surface area contributed by atoms with Crippen molar-refractivity contribution in [3.63, 3.8) is 0 Å². The Bertz CT molecular complexity index is 1140. The van der Waals surface area contributed by atoms with Gasteiger partial charge in [0.25, 0.3) is 0 Å². The lowest BCUT2D eigenvalue weighted by atomic mass is 9.80. The first kappa shape index (κ1) is 41.1. The highest BCUT2D eigenvalue weighted by atomic mass is 16.4. The molecule has 0 aliphatic heterocycles. The van der Waals surface area contributed by atoms with E-state index in [1.807, 2.05) is 20.9 Å². The fourth-order valence-electron chi connectivity index (χ4n) is 9.60. The number of likely N-dealkylation sites (N-methyl/N-ethyl adjacent to an activating group) is 2. The minimum Gasteiger partial charge on any atom is -0.480 e. The van der Waals surface area contributed by atoms with Crippen molar-refractivity contribution in [2.75, 3.05) is 14.1 Å². The molecule has 51 heavy (non-hydrogen) atoms. The van der Waals surface area contributed by atoms with E-state index in [2.05, 4.69) is 21.3 Å². The predicted octanol–water partition coefficient (Wildman–Crippen LogP) is 5.31. The van der Waals surface area contributed by atoms with Gasteiger partial charge in [-0.2, -0.15) is 0 Å². The third kappa shape index (κ3) is 11.6. The minimum absolute atomic E-state index is 0.0132. The lowest BCUT2D eigenvalue weighted by molar-refractivity contribution is -0.152. The largest absolute Gasteiger partial charge is 0.480 e. The van der Waals surface area contributed by atoms with Crippen LogP contribution in [0.2, 0.25) is 0 Å². The Labute approximate surface area is 307 Å². The average Bonchev–Trinajstić information content (AvgIpc) is 3.15. The SMILES string of the molecule is CN[C@@H](C(=O)N[C@@H](C(=O)N[C@@H](C(=O)N[C@@H](C(=O)N(C)[C@H](CC(C)C)C(=O)O)C1CCCCC1)C1CCCCC1)C1CCCCC1)C1CCCCC1. The second kappa shape index (κ2) is 20.5. The standard InChI is InChI=1S/C40H69N5O6/c1-26(2)25-31(40(50)51)45(4)39(49)35(30-23-15-8-16-24-30)44-38(48)34(29-21-13-7-14-22-29)43-37(47)33(28-19-11-6-12-20-28)42-36(46)32(41-3)27-17-9-5-10-18-27/h26-35,41H,5-25H2,1-4H3,(H,42,46)(H,43,47)(H,44,48)(H,50,51)/t31-,32-,33-,34-,35-/m1/s1. The van der Waals surface area contributed by atoms with E-state index in [0.29, 0.717) is 6.42 Å². The number of rotatable bonds is 16. The number of carbonyl (C=O) groups is 5. The van der Waals surface area contributed by atoms with Gasteiger partial charge in [0.2, 0.25) is 23.6 Å². The van der Waals surface area contributed by atoms with Crippen molar-refractivity contribution in [3.8, 4) is 0 Å². The molecule has 0 heterocycles. The molecule has 4 saturated carbocycles. The summed E-state index contributed by atoms with van der Waals surface area (Å²) in [7, 11) is 3.36. The number of nitrogens with one attached hydrogen (secondary N) is 4. The Morgan fingerprint density at radius 2 is 0.863 bits per heavy atom. The highest BCUT2D eigenvalue weighted by Gasteiger charge is 2.42. The molecular weight excluding hydrogens is 646 g/mol. The van der Waals surface area contributed by atoms with Crippen LogP contribution in [0, 0.1) is 29.6 Å². The van der Waals surface area contributed by atoms with E-state index in [0.717, 1.165) is 122 Å². The summed E-state index contributed by atoms with van der Waals surface area (Å²) in [5.74, 6) is -2.20. The predicted molar refractivity (Wildman–Crippen MR) is 199 cm³/mol. The van der Waals surface area contributed by atoms with Crippen LogP contribution in [-0.4, -0.2) is 83.9 Å². The summed E-state index contributed by atoms with van der Waals surface area (Å²) in [6.07, 6.45) is 19.6. The topological polar surface area (TPSA) is 157 Å². The van der Waals surface area contributed by atoms with Crippen LogP contribution in [0.15, 0.2) is 0 Å². The normalized spacial score (nSPS) is 23.0. The van der Waals surface area contributed by atoms with Gasteiger partial charge in [0.1, 0.15) is 24.2 Å². The summed E-state index contributed by atoms with van der Waals surface area (Å²) in [5.41, 5.74) is 0. The zero-order valence-corrected chi connectivity index (χ0v) is 32.1. The molecule has 5 N–H and O–H groups in total. The summed E-state index contributed by atoms with van der Waals surface area (Å²) in [6.45, 7) is 3.87. The number of carboxylic acids is 1. The molecule has 0 bridgehead atoms. The molecule has 0 aromatic heterocycles. The maximum absolute atomic E-state index is 14.5. The van der Waals surface area contributed by atoms with Gasteiger partial charge in [0.05, 0.1) is 6.04 Å². The Morgan fingerprint density at radius 1 is 0.549 bits per heavy atom. The number of carboxylic acid groups (broad SMARTS) is 1.